The first kappa shape index (κ1) is 33.9. The number of fused-ring (bicyclic) bond motifs is 3. The van der Waals surface area contributed by atoms with Gasteiger partial charge in [-0.3, -0.25) is 18.4 Å². The van der Waals surface area contributed by atoms with Gasteiger partial charge in [-0.1, -0.05) is 50.1 Å². The summed E-state index contributed by atoms with van der Waals surface area (Å²) < 4.78 is 9.51. The average molecular weight is 685 g/mol. The number of benzene rings is 2. The van der Waals surface area contributed by atoms with Gasteiger partial charge in [0.1, 0.15) is 17.9 Å². The number of amides is 2. The number of aryl methyl sites for hydroxylation is 4. The van der Waals surface area contributed by atoms with E-state index in [-0.39, 0.29) is 11.8 Å². The summed E-state index contributed by atoms with van der Waals surface area (Å²) in [4.78, 5) is 44.8. The molecule has 0 spiro atoms. The van der Waals surface area contributed by atoms with Gasteiger partial charge in [0.25, 0.3) is 11.8 Å². The van der Waals surface area contributed by atoms with Crippen molar-refractivity contribution in [2.75, 3.05) is 6.61 Å². The first-order valence-electron chi connectivity index (χ1n) is 17.8. The number of nitrogens with one attached hydrogen (secondary N) is 2. The zero-order valence-electron chi connectivity index (χ0n) is 29.7. The Morgan fingerprint density at radius 2 is 1.63 bits per heavy atom. The molecule has 7 rings (SSSR count). The summed E-state index contributed by atoms with van der Waals surface area (Å²) in [6.07, 6.45) is 9.66. The van der Waals surface area contributed by atoms with Gasteiger partial charge in [0, 0.05) is 36.4 Å². The molecule has 1 unspecified atom stereocenters. The van der Waals surface area contributed by atoms with Gasteiger partial charge in [0.15, 0.2) is 22.7 Å². The molecule has 0 fully saturated rings. The average Bonchev–Trinajstić information content (AvgIpc) is 3.83. The van der Waals surface area contributed by atoms with Crippen LogP contribution in [0.25, 0.3) is 11.3 Å². The molecule has 2 N–H and O–H groups in total. The molecule has 11 heteroatoms. The lowest BCUT2D eigenvalue weighted by molar-refractivity contribution is 0.0940. The van der Waals surface area contributed by atoms with E-state index in [1.165, 1.54) is 11.1 Å². The number of hydrogen-bond acceptors (Lipinski definition) is 7. The highest BCUT2D eigenvalue weighted by Crippen LogP contribution is 2.36. The lowest BCUT2D eigenvalue weighted by Crippen LogP contribution is -2.23. The number of ether oxygens (including phenoxy) is 1. The minimum absolute atomic E-state index is 0.233. The highest BCUT2D eigenvalue weighted by atomic mass is 16.5. The molecule has 2 aromatic carbocycles. The zero-order chi connectivity index (χ0) is 35.5. The van der Waals surface area contributed by atoms with Crippen molar-refractivity contribution in [2.24, 2.45) is 0 Å². The molecule has 51 heavy (non-hydrogen) atoms. The Morgan fingerprint density at radius 3 is 2.43 bits per heavy atom. The molecular weight excluding hydrogens is 640 g/mol. The van der Waals surface area contributed by atoms with Gasteiger partial charge in [-0.2, -0.15) is 0 Å². The summed E-state index contributed by atoms with van der Waals surface area (Å²) in [6, 6.07) is 18.3. The predicted molar refractivity (Wildman–Crippen MR) is 195 cm³/mol. The fourth-order valence-electron chi connectivity index (χ4n) is 7.06. The van der Waals surface area contributed by atoms with Crippen molar-refractivity contribution in [1.82, 2.24) is 39.4 Å². The third-order valence-corrected chi connectivity index (χ3v) is 9.66. The van der Waals surface area contributed by atoms with Gasteiger partial charge < -0.3 is 15.4 Å². The second-order valence-corrected chi connectivity index (χ2v) is 13.5. The maximum absolute atomic E-state index is 13.2. The minimum atomic E-state index is -0.259. The summed E-state index contributed by atoms with van der Waals surface area (Å²) >= 11 is 0. The predicted octanol–water partition coefficient (Wildman–Crippen LogP) is 6.40. The standard InChI is InChI=1S/C40H44N8O3/c1-5-6-7-18-51-33-13-8-28(9-14-33)22-41-39(49)35-37-46-32(16-17-47(37)24-43-35)21-31-12-11-30-20-29(10-15-34(30)31)23-42-40(50)36-38-44-25(2)19-26(3)48(38)27(4)45-36/h8-10,13-17,19-20,24,31H,5-7,11-12,18,21-23H2,1-4H3,(H,41,49)(H,42,50). The van der Waals surface area contributed by atoms with Crippen molar-refractivity contribution >= 4 is 23.1 Å². The molecule has 4 heterocycles. The van der Waals surface area contributed by atoms with Gasteiger partial charge >= 0.3 is 0 Å². The van der Waals surface area contributed by atoms with Gasteiger partial charge in [-0.05, 0) is 98.9 Å². The van der Waals surface area contributed by atoms with E-state index in [1.807, 2.05) is 67.8 Å². The second kappa shape index (κ2) is 14.7. The molecule has 0 bridgehead atoms. The molecular formula is C40H44N8O3. The Labute approximate surface area is 297 Å². The largest absolute Gasteiger partial charge is 0.494 e. The molecule has 0 saturated heterocycles. The summed E-state index contributed by atoms with van der Waals surface area (Å²) in [5.41, 5.74) is 9.19. The van der Waals surface area contributed by atoms with Crippen LogP contribution in [0.15, 0.2) is 67.1 Å². The number of imidazole rings is 2. The third kappa shape index (κ3) is 7.33. The molecule has 0 radical (unpaired) electrons. The third-order valence-electron chi connectivity index (χ3n) is 9.66. The van der Waals surface area contributed by atoms with E-state index in [4.69, 9.17) is 9.72 Å². The fraction of sp³-hybridized carbons (Fsp3) is 0.350. The van der Waals surface area contributed by atoms with Crippen LogP contribution in [0.4, 0.5) is 0 Å². The summed E-state index contributed by atoms with van der Waals surface area (Å²) in [6.45, 7) is 9.48. The SMILES string of the molecule is CCCCCOc1ccc(CNC(=O)c2ncn3ccc(CC4CCc5cc(CNC(=O)c6nc(C)n7c(C)cc(C)nc67)ccc54)nc23)cc1. The number of unbranched alkanes of at least 4 members (excludes halogenated alkanes) is 2. The molecule has 11 nitrogen and oxygen atoms in total. The van der Waals surface area contributed by atoms with E-state index in [0.29, 0.717) is 48.3 Å². The second-order valence-electron chi connectivity index (χ2n) is 13.5. The lowest BCUT2D eigenvalue weighted by Gasteiger charge is -2.13. The Balaban J connectivity index is 0.965. The van der Waals surface area contributed by atoms with Crippen molar-refractivity contribution in [1.29, 1.82) is 0 Å². The van der Waals surface area contributed by atoms with Crippen molar-refractivity contribution in [3.05, 3.63) is 124 Å². The van der Waals surface area contributed by atoms with Crippen molar-refractivity contribution < 1.29 is 14.3 Å². The first-order chi connectivity index (χ1) is 24.8. The number of nitrogens with zero attached hydrogens (tertiary/aromatic N) is 6. The van der Waals surface area contributed by atoms with Crippen LogP contribution in [-0.2, 0) is 25.9 Å². The van der Waals surface area contributed by atoms with E-state index in [1.54, 1.807) is 10.7 Å². The van der Waals surface area contributed by atoms with Crippen LogP contribution in [-0.4, -0.2) is 47.2 Å². The fourth-order valence-corrected chi connectivity index (χ4v) is 7.06. The lowest BCUT2D eigenvalue weighted by atomic mass is 9.95. The quantitative estimate of drug-likeness (QED) is 0.135. The van der Waals surface area contributed by atoms with Crippen LogP contribution in [0, 0.1) is 20.8 Å². The van der Waals surface area contributed by atoms with Gasteiger partial charge in [-0.25, -0.2) is 19.9 Å². The maximum atomic E-state index is 13.2. The minimum Gasteiger partial charge on any atom is -0.494 e. The summed E-state index contributed by atoms with van der Waals surface area (Å²) in [7, 11) is 0. The topological polar surface area (TPSA) is 128 Å². The van der Waals surface area contributed by atoms with Crippen LogP contribution < -0.4 is 15.4 Å². The van der Waals surface area contributed by atoms with Gasteiger partial charge in [0.2, 0.25) is 0 Å². The van der Waals surface area contributed by atoms with Crippen LogP contribution >= 0.6 is 0 Å². The Kier molecular flexibility index (Phi) is 9.78. The van der Waals surface area contributed by atoms with Gasteiger partial charge in [0.05, 0.1) is 6.61 Å². The summed E-state index contributed by atoms with van der Waals surface area (Å²) in [5.74, 6) is 1.40. The number of hydrogen-bond donors (Lipinski definition) is 2. The Hall–Kier alpha value is -5.58. The van der Waals surface area contributed by atoms with E-state index in [2.05, 4.69) is 50.7 Å². The molecule has 262 valence electrons. The van der Waals surface area contributed by atoms with E-state index in [0.717, 1.165) is 78.3 Å². The number of rotatable bonds is 13. The number of aromatic nitrogens is 6. The van der Waals surface area contributed by atoms with E-state index < -0.39 is 0 Å². The molecule has 1 aliphatic carbocycles. The molecule has 6 aromatic rings. The first-order valence-corrected chi connectivity index (χ1v) is 17.8. The summed E-state index contributed by atoms with van der Waals surface area (Å²) in [5, 5.41) is 6.04. The Morgan fingerprint density at radius 1 is 0.863 bits per heavy atom. The zero-order valence-corrected chi connectivity index (χ0v) is 29.7. The smallest absolute Gasteiger partial charge is 0.274 e. The molecule has 1 atom stereocenters. The maximum Gasteiger partial charge on any atom is 0.274 e. The molecule has 4 aromatic heterocycles. The molecule has 0 aliphatic heterocycles. The van der Waals surface area contributed by atoms with E-state index >= 15 is 0 Å². The van der Waals surface area contributed by atoms with Crippen LogP contribution in [0.2, 0.25) is 0 Å². The molecule has 0 saturated carbocycles. The molecule has 1 aliphatic rings. The van der Waals surface area contributed by atoms with E-state index in [9.17, 15) is 9.59 Å². The Bertz CT molecular complexity index is 2220. The monoisotopic (exact) mass is 684 g/mol. The van der Waals surface area contributed by atoms with Crippen molar-refractivity contribution in [2.45, 2.75) is 85.2 Å². The van der Waals surface area contributed by atoms with Crippen LogP contribution in [0.1, 0.15) is 105 Å². The highest BCUT2D eigenvalue weighted by molar-refractivity contribution is 5.98. The van der Waals surface area contributed by atoms with Gasteiger partial charge in [-0.15, -0.1) is 0 Å². The van der Waals surface area contributed by atoms with Crippen molar-refractivity contribution in [3.63, 3.8) is 0 Å². The van der Waals surface area contributed by atoms with Crippen LogP contribution in [0.3, 0.4) is 0 Å². The number of carbonyl (C=O) groups excluding carboxylic acids is 2. The van der Waals surface area contributed by atoms with Crippen LogP contribution in [0.5, 0.6) is 5.75 Å². The normalized spacial score (nSPS) is 13.8. The van der Waals surface area contributed by atoms with Crippen molar-refractivity contribution in [3.8, 4) is 5.75 Å². The number of carbonyl (C=O) groups is 2. The highest BCUT2D eigenvalue weighted by Gasteiger charge is 2.25. The molecule has 2 amide bonds.